The van der Waals surface area contributed by atoms with Gasteiger partial charge in [0.05, 0.1) is 19.0 Å². The lowest BCUT2D eigenvalue weighted by Gasteiger charge is -2.39. The molecule has 10 heteroatoms. The number of rotatable bonds is 12. The number of nitrogens with one attached hydrogen (secondary N) is 2. The normalized spacial score (nSPS) is 17.3. The fourth-order valence-corrected chi connectivity index (χ4v) is 4.47. The van der Waals surface area contributed by atoms with Crippen LogP contribution in [-0.4, -0.2) is 95.4 Å². The summed E-state index contributed by atoms with van der Waals surface area (Å²) in [5, 5.41) is 6.77. The van der Waals surface area contributed by atoms with E-state index in [1.165, 1.54) is 4.31 Å². The Kier molecular flexibility index (Phi) is 15.5. The number of nitrogens with zero attached hydrogens (tertiary/aromatic N) is 3. The molecule has 1 unspecified atom stereocenters. The molecule has 2 N–H and O–H groups in total. The fourth-order valence-electron chi connectivity index (χ4n) is 3.63. The van der Waals surface area contributed by atoms with Gasteiger partial charge in [-0.2, -0.15) is 0 Å². The van der Waals surface area contributed by atoms with Gasteiger partial charge in [0.2, 0.25) is 10.0 Å². The van der Waals surface area contributed by atoms with Crippen molar-refractivity contribution in [3.05, 3.63) is 0 Å². The van der Waals surface area contributed by atoms with Crippen LogP contribution in [0.4, 0.5) is 0 Å². The summed E-state index contributed by atoms with van der Waals surface area (Å²) in [5.74, 6) is 1.54. The number of guanidine groups is 1. The standard InChI is InChI=1S/C19H41N5O3S.HI/c1-6-17(7-2)18(24-12-14-27-15-13-24)16-22-19(20-4)21-10-9-11-23(5)28(25,26)8-3;/h17-18H,6-16H2,1-5H3,(H2,20,21,22);1H. The second-order valence-corrected chi connectivity index (χ2v) is 9.61. The molecule has 0 amide bonds. The molecule has 1 aliphatic heterocycles. The number of ether oxygens (including phenoxy) is 1. The number of halogens is 1. The lowest BCUT2D eigenvalue weighted by Crippen LogP contribution is -2.53. The summed E-state index contributed by atoms with van der Waals surface area (Å²) < 4.78 is 30.5. The first-order chi connectivity index (χ1) is 13.4. The molecule has 1 rings (SSSR count). The summed E-state index contributed by atoms with van der Waals surface area (Å²) in [4.78, 5) is 6.85. The molecule has 8 nitrogen and oxygen atoms in total. The number of morpholine rings is 1. The van der Waals surface area contributed by atoms with Gasteiger partial charge in [-0.1, -0.05) is 26.7 Å². The van der Waals surface area contributed by atoms with Crippen molar-refractivity contribution in [1.82, 2.24) is 19.8 Å². The molecule has 0 aliphatic carbocycles. The van der Waals surface area contributed by atoms with E-state index in [1.807, 2.05) is 0 Å². The van der Waals surface area contributed by atoms with Gasteiger partial charge in [-0.05, 0) is 19.3 Å². The molecule has 1 saturated heterocycles. The Bertz CT molecular complexity index is 552. The second kappa shape index (κ2) is 15.6. The molecule has 0 aromatic carbocycles. The SMILES string of the molecule is CCC(CC)C(CNC(=NC)NCCCN(C)S(=O)(=O)CC)N1CCOCC1.I. The predicted molar refractivity (Wildman–Crippen MR) is 132 cm³/mol. The monoisotopic (exact) mass is 547 g/mol. The summed E-state index contributed by atoms with van der Waals surface area (Å²) in [6, 6.07) is 0.457. The summed E-state index contributed by atoms with van der Waals surface area (Å²) in [6.07, 6.45) is 3.05. The molecule has 1 fully saturated rings. The number of hydrogen-bond donors (Lipinski definition) is 2. The van der Waals surface area contributed by atoms with E-state index in [2.05, 4.69) is 34.4 Å². The van der Waals surface area contributed by atoms with Crippen molar-refractivity contribution in [2.45, 2.75) is 46.1 Å². The molecular weight excluding hydrogens is 505 g/mol. The van der Waals surface area contributed by atoms with Crippen LogP contribution in [0.25, 0.3) is 0 Å². The smallest absolute Gasteiger partial charge is 0.213 e. The van der Waals surface area contributed by atoms with E-state index >= 15 is 0 Å². The summed E-state index contributed by atoms with van der Waals surface area (Å²) in [7, 11) is 0.291. The van der Waals surface area contributed by atoms with Gasteiger partial charge in [0.1, 0.15) is 0 Å². The summed E-state index contributed by atoms with van der Waals surface area (Å²) in [5.41, 5.74) is 0. The zero-order chi connectivity index (χ0) is 21.0. The zero-order valence-corrected chi connectivity index (χ0v) is 22.0. The van der Waals surface area contributed by atoms with Crippen LogP contribution in [0, 0.1) is 5.92 Å². The third-order valence-corrected chi connectivity index (χ3v) is 7.45. The molecule has 0 radical (unpaired) electrons. The van der Waals surface area contributed by atoms with E-state index in [9.17, 15) is 8.42 Å². The first kappa shape index (κ1) is 28.8. The Morgan fingerprint density at radius 1 is 1.17 bits per heavy atom. The molecular formula is C19H42IN5O3S. The van der Waals surface area contributed by atoms with Crippen LogP contribution in [0.3, 0.4) is 0 Å². The van der Waals surface area contributed by atoms with E-state index in [1.54, 1.807) is 21.0 Å². The highest BCUT2D eigenvalue weighted by Gasteiger charge is 2.27. The van der Waals surface area contributed by atoms with Crippen LogP contribution in [-0.2, 0) is 14.8 Å². The average Bonchev–Trinajstić information content (AvgIpc) is 2.72. The Morgan fingerprint density at radius 3 is 2.31 bits per heavy atom. The molecule has 174 valence electrons. The van der Waals surface area contributed by atoms with E-state index in [0.717, 1.165) is 58.1 Å². The first-order valence-electron chi connectivity index (χ1n) is 10.6. The summed E-state index contributed by atoms with van der Waals surface area (Å²) >= 11 is 0. The van der Waals surface area contributed by atoms with Crippen molar-refractivity contribution in [3.63, 3.8) is 0 Å². The van der Waals surface area contributed by atoms with Crippen molar-refractivity contribution in [1.29, 1.82) is 0 Å². The Balaban J connectivity index is 0.00000784. The predicted octanol–water partition coefficient (Wildman–Crippen LogP) is 1.58. The minimum absolute atomic E-state index is 0. The topological polar surface area (TPSA) is 86.3 Å². The third-order valence-electron chi connectivity index (χ3n) is 5.59. The average molecular weight is 548 g/mol. The van der Waals surface area contributed by atoms with E-state index < -0.39 is 10.0 Å². The minimum Gasteiger partial charge on any atom is -0.379 e. The maximum Gasteiger partial charge on any atom is 0.213 e. The fraction of sp³-hybridized carbons (Fsp3) is 0.947. The van der Waals surface area contributed by atoms with Crippen LogP contribution in [0.1, 0.15) is 40.0 Å². The number of sulfonamides is 1. The van der Waals surface area contributed by atoms with Crippen molar-refractivity contribution in [2.75, 3.05) is 65.8 Å². The van der Waals surface area contributed by atoms with Crippen LogP contribution in [0.15, 0.2) is 4.99 Å². The van der Waals surface area contributed by atoms with Crippen LogP contribution >= 0.6 is 24.0 Å². The Labute approximate surface area is 195 Å². The highest BCUT2D eigenvalue weighted by atomic mass is 127. The van der Waals surface area contributed by atoms with Gasteiger partial charge in [0.25, 0.3) is 0 Å². The first-order valence-corrected chi connectivity index (χ1v) is 12.2. The van der Waals surface area contributed by atoms with Gasteiger partial charge < -0.3 is 15.4 Å². The van der Waals surface area contributed by atoms with E-state index in [0.29, 0.717) is 25.0 Å². The van der Waals surface area contributed by atoms with Crippen LogP contribution in [0.5, 0.6) is 0 Å². The summed E-state index contributed by atoms with van der Waals surface area (Å²) in [6.45, 7) is 11.8. The quantitative estimate of drug-likeness (QED) is 0.167. The van der Waals surface area contributed by atoms with Crippen LogP contribution in [0.2, 0.25) is 0 Å². The van der Waals surface area contributed by atoms with Crippen molar-refractivity contribution < 1.29 is 13.2 Å². The maximum absolute atomic E-state index is 11.8. The molecule has 1 heterocycles. The van der Waals surface area contributed by atoms with Gasteiger partial charge in [-0.25, -0.2) is 12.7 Å². The van der Waals surface area contributed by atoms with Gasteiger partial charge in [-0.15, -0.1) is 24.0 Å². The van der Waals surface area contributed by atoms with E-state index in [4.69, 9.17) is 4.74 Å². The second-order valence-electron chi connectivity index (χ2n) is 7.25. The molecule has 1 aliphatic rings. The molecule has 0 aromatic rings. The Hall–Kier alpha value is -0.170. The molecule has 0 saturated carbocycles. The lowest BCUT2D eigenvalue weighted by atomic mass is 9.92. The van der Waals surface area contributed by atoms with Crippen molar-refractivity contribution in [2.24, 2.45) is 10.9 Å². The number of hydrogen-bond acceptors (Lipinski definition) is 5. The minimum atomic E-state index is -3.11. The molecule has 29 heavy (non-hydrogen) atoms. The maximum atomic E-state index is 11.8. The molecule has 0 spiro atoms. The zero-order valence-electron chi connectivity index (χ0n) is 18.8. The molecule has 0 aromatic heterocycles. The molecule has 0 bridgehead atoms. The Morgan fingerprint density at radius 2 is 1.79 bits per heavy atom. The largest absolute Gasteiger partial charge is 0.379 e. The third kappa shape index (κ3) is 10.1. The van der Waals surface area contributed by atoms with E-state index in [-0.39, 0.29) is 29.7 Å². The van der Waals surface area contributed by atoms with Gasteiger partial charge in [-0.3, -0.25) is 9.89 Å². The highest BCUT2D eigenvalue weighted by molar-refractivity contribution is 14.0. The van der Waals surface area contributed by atoms with Gasteiger partial charge in [0, 0.05) is 52.9 Å². The van der Waals surface area contributed by atoms with Crippen LogP contribution < -0.4 is 10.6 Å². The van der Waals surface area contributed by atoms with Gasteiger partial charge in [0.15, 0.2) is 5.96 Å². The lowest BCUT2D eigenvalue weighted by molar-refractivity contribution is 0.00272. The van der Waals surface area contributed by atoms with Gasteiger partial charge >= 0.3 is 0 Å². The number of aliphatic imine (C=N–C) groups is 1. The van der Waals surface area contributed by atoms with Crippen molar-refractivity contribution in [3.8, 4) is 0 Å². The highest BCUT2D eigenvalue weighted by Crippen LogP contribution is 2.19. The van der Waals surface area contributed by atoms with Crippen molar-refractivity contribution >= 4 is 40.0 Å². The molecule has 1 atom stereocenters.